The zero-order valence-electron chi connectivity index (χ0n) is 14.2. The summed E-state index contributed by atoms with van der Waals surface area (Å²) < 4.78 is 5.17. The molecule has 0 aromatic heterocycles. The molecule has 1 saturated heterocycles. The average Bonchev–Trinajstić information content (AvgIpc) is 2.75. The van der Waals surface area contributed by atoms with Crippen molar-refractivity contribution in [3.8, 4) is 0 Å². The summed E-state index contributed by atoms with van der Waals surface area (Å²) in [6, 6.07) is 0.406. The van der Waals surface area contributed by atoms with Crippen LogP contribution in [0.5, 0.6) is 0 Å². The smallest absolute Gasteiger partial charge is 0.307 e. The predicted molar refractivity (Wildman–Crippen MR) is 88.5 cm³/mol. The molecule has 0 aliphatic carbocycles. The van der Waals surface area contributed by atoms with Crippen molar-refractivity contribution >= 4 is 5.97 Å². The number of nitrogens with zero attached hydrogens (tertiary/aromatic N) is 1. The number of hydrogen-bond donors (Lipinski definition) is 0. The molecule has 3 nitrogen and oxygen atoms in total. The number of likely N-dealkylation sites (tertiary alicyclic amines) is 1. The molecule has 0 aromatic carbocycles. The number of unbranched alkanes of at least 4 members (excludes halogenated alkanes) is 4. The molecule has 1 aliphatic heterocycles. The largest absolute Gasteiger partial charge is 0.466 e. The van der Waals surface area contributed by atoms with Crippen molar-refractivity contribution in [1.29, 1.82) is 0 Å². The molecule has 21 heavy (non-hydrogen) atoms. The molecule has 124 valence electrons. The highest BCUT2D eigenvalue weighted by Crippen LogP contribution is 2.20. The number of hydrogen-bond acceptors (Lipinski definition) is 3. The first-order chi connectivity index (χ1) is 10.3. The van der Waals surface area contributed by atoms with Gasteiger partial charge in [-0.25, -0.2) is 0 Å². The summed E-state index contributed by atoms with van der Waals surface area (Å²) >= 11 is 0. The van der Waals surface area contributed by atoms with E-state index in [0.29, 0.717) is 19.1 Å². The zero-order valence-corrected chi connectivity index (χ0v) is 14.2. The molecule has 1 heterocycles. The van der Waals surface area contributed by atoms with Gasteiger partial charge in [0.25, 0.3) is 0 Å². The normalized spacial score (nSPS) is 18.2. The number of carbonyl (C=O) groups excluding carboxylic acids is 1. The van der Waals surface area contributed by atoms with E-state index in [2.05, 4.69) is 11.8 Å². The van der Waals surface area contributed by atoms with Crippen LogP contribution in [-0.2, 0) is 9.53 Å². The number of rotatable bonds is 10. The average molecular weight is 297 g/mol. The third-order valence-corrected chi connectivity index (χ3v) is 4.51. The minimum absolute atomic E-state index is 0.0136. The molecule has 1 aliphatic rings. The number of esters is 1. The van der Waals surface area contributed by atoms with Gasteiger partial charge < -0.3 is 4.74 Å². The molecule has 0 aromatic rings. The Hall–Kier alpha value is -0.570. The summed E-state index contributed by atoms with van der Waals surface area (Å²) in [5.74, 6) is -0.0136. The summed E-state index contributed by atoms with van der Waals surface area (Å²) in [5, 5.41) is 0. The molecule has 0 N–H and O–H groups in total. The number of ether oxygens (including phenoxy) is 1. The summed E-state index contributed by atoms with van der Waals surface area (Å²) in [7, 11) is 0. The molecule has 0 amide bonds. The lowest BCUT2D eigenvalue weighted by Gasteiger charge is -2.30. The first kappa shape index (κ1) is 18.5. The van der Waals surface area contributed by atoms with Gasteiger partial charge in [-0.3, -0.25) is 9.69 Å². The van der Waals surface area contributed by atoms with E-state index in [0.717, 1.165) is 6.42 Å². The Labute approximate surface area is 131 Å². The van der Waals surface area contributed by atoms with Gasteiger partial charge in [0.15, 0.2) is 0 Å². The molecule has 0 spiro atoms. The fraction of sp³-hybridized carbons (Fsp3) is 0.944. The molecule has 0 radical (unpaired) electrons. The molecular weight excluding hydrogens is 262 g/mol. The Balaban J connectivity index is 2.41. The maximum atomic E-state index is 11.9. The molecule has 1 unspecified atom stereocenters. The van der Waals surface area contributed by atoms with Crippen LogP contribution in [0, 0.1) is 0 Å². The highest BCUT2D eigenvalue weighted by atomic mass is 16.5. The van der Waals surface area contributed by atoms with Crippen molar-refractivity contribution in [3.63, 3.8) is 0 Å². The third-order valence-electron chi connectivity index (χ3n) is 4.51. The van der Waals surface area contributed by atoms with E-state index in [1.54, 1.807) is 0 Å². The molecule has 0 bridgehead atoms. The van der Waals surface area contributed by atoms with Crippen molar-refractivity contribution in [2.75, 3.05) is 19.7 Å². The van der Waals surface area contributed by atoms with Gasteiger partial charge in [0.2, 0.25) is 0 Å². The topological polar surface area (TPSA) is 29.5 Å². The second-order valence-corrected chi connectivity index (χ2v) is 6.32. The van der Waals surface area contributed by atoms with E-state index in [1.807, 2.05) is 6.92 Å². The van der Waals surface area contributed by atoms with Gasteiger partial charge >= 0.3 is 5.97 Å². The van der Waals surface area contributed by atoms with Crippen LogP contribution in [0.25, 0.3) is 0 Å². The monoisotopic (exact) mass is 297 g/mol. The lowest BCUT2D eigenvalue weighted by Crippen LogP contribution is -2.38. The Bertz CT molecular complexity index is 260. The Morgan fingerprint density at radius 1 is 1.00 bits per heavy atom. The standard InChI is InChI=1S/C18H35NO2/c1-3-5-6-7-10-13-17(16-18(20)21-4-2)19-14-11-8-9-12-15-19/h17H,3-16H2,1-2H3. The SMILES string of the molecule is CCCCCCCC(CC(=O)OCC)N1CCCCCC1. The Morgan fingerprint density at radius 2 is 1.67 bits per heavy atom. The van der Waals surface area contributed by atoms with Crippen LogP contribution in [0.3, 0.4) is 0 Å². The van der Waals surface area contributed by atoms with Gasteiger partial charge in [-0.1, -0.05) is 51.9 Å². The van der Waals surface area contributed by atoms with Crippen LogP contribution in [0.15, 0.2) is 0 Å². The quantitative estimate of drug-likeness (QED) is 0.438. The Morgan fingerprint density at radius 3 is 2.29 bits per heavy atom. The van der Waals surface area contributed by atoms with Gasteiger partial charge in [0.1, 0.15) is 0 Å². The fourth-order valence-electron chi connectivity index (χ4n) is 3.27. The van der Waals surface area contributed by atoms with Crippen molar-refractivity contribution in [2.45, 2.75) is 90.5 Å². The van der Waals surface area contributed by atoms with E-state index in [9.17, 15) is 4.79 Å². The van der Waals surface area contributed by atoms with Gasteiger partial charge in [0.05, 0.1) is 13.0 Å². The van der Waals surface area contributed by atoms with E-state index in [4.69, 9.17) is 4.74 Å². The van der Waals surface area contributed by atoms with E-state index < -0.39 is 0 Å². The van der Waals surface area contributed by atoms with Crippen molar-refractivity contribution in [1.82, 2.24) is 4.90 Å². The Kier molecular flexibility index (Phi) is 10.6. The van der Waals surface area contributed by atoms with Crippen molar-refractivity contribution in [2.24, 2.45) is 0 Å². The molecule has 0 saturated carbocycles. The zero-order chi connectivity index (χ0) is 15.3. The van der Waals surface area contributed by atoms with Gasteiger partial charge in [-0.05, 0) is 39.3 Å². The van der Waals surface area contributed by atoms with E-state index >= 15 is 0 Å². The first-order valence-electron chi connectivity index (χ1n) is 9.17. The van der Waals surface area contributed by atoms with E-state index in [1.165, 1.54) is 70.9 Å². The first-order valence-corrected chi connectivity index (χ1v) is 9.17. The molecule has 1 rings (SSSR count). The lowest BCUT2D eigenvalue weighted by atomic mass is 10.0. The van der Waals surface area contributed by atoms with Crippen LogP contribution in [0.4, 0.5) is 0 Å². The van der Waals surface area contributed by atoms with Gasteiger partial charge in [-0.15, -0.1) is 0 Å². The highest BCUT2D eigenvalue weighted by Gasteiger charge is 2.22. The molecular formula is C18H35NO2. The highest BCUT2D eigenvalue weighted by molar-refractivity contribution is 5.70. The second kappa shape index (κ2) is 12.0. The number of carbonyl (C=O) groups is 1. The van der Waals surface area contributed by atoms with E-state index in [-0.39, 0.29) is 5.97 Å². The molecule has 1 atom stereocenters. The fourth-order valence-corrected chi connectivity index (χ4v) is 3.27. The minimum Gasteiger partial charge on any atom is -0.466 e. The van der Waals surface area contributed by atoms with Crippen molar-refractivity contribution < 1.29 is 9.53 Å². The van der Waals surface area contributed by atoms with Crippen LogP contribution >= 0.6 is 0 Å². The summed E-state index contributed by atoms with van der Waals surface area (Å²) in [5.41, 5.74) is 0. The minimum atomic E-state index is -0.0136. The third kappa shape index (κ3) is 8.45. The maximum absolute atomic E-state index is 11.9. The molecule has 3 heteroatoms. The summed E-state index contributed by atoms with van der Waals surface area (Å²) in [6.07, 6.45) is 13.5. The van der Waals surface area contributed by atoms with Crippen LogP contribution in [-0.4, -0.2) is 36.6 Å². The predicted octanol–water partition coefficient (Wildman–Crippen LogP) is 4.54. The van der Waals surface area contributed by atoms with Crippen LogP contribution in [0.2, 0.25) is 0 Å². The lowest BCUT2D eigenvalue weighted by molar-refractivity contribution is -0.144. The van der Waals surface area contributed by atoms with Crippen LogP contribution < -0.4 is 0 Å². The molecule has 1 fully saturated rings. The maximum Gasteiger partial charge on any atom is 0.307 e. The summed E-state index contributed by atoms with van der Waals surface area (Å²) in [4.78, 5) is 14.4. The summed E-state index contributed by atoms with van der Waals surface area (Å²) in [6.45, 7) is 6.98. The van der Waals surface area contributed by atoms with Gasteiger partial charge in [0, 0.05) is 6.04 Å². The van der Waals surface area contributed by atoms with Crippen molar-refractivity contribution in [3.05, 3.63) is 0 Å². The van der Waals surface area contributed by atoms with Crippen LogP contribution in [0.1, 0.15) is 84.5 Å². The van der Waals surface area contributed by atoms with Gasteiger partial charge in [-0.2, -0.15) is 0 Å². The second-order valence-electron chi connectivity index (χ2n) is 6.32.